The summed E-state index contributed by atoms with van der Waals surface area (Å²) in [6.07, 6.45) is 1.57. The van der Waals surface area contributed by atoms with Gasteiger partial charge in [-0.3, -0.25) is 9.59 Å². The van der Waals surface area contributed by atoms with Crippen LogP contribution in [0.4, 0.5) is 0 Å². The Morgan fingerprint density at radius 1 is 0.885 bits per heavy atom. The number of hydrogen-bond donors (Lipinski definition) is 0. The first-order chi connectivity index (χ1) is 12.5. The summed E-state index contributed by atoms with van der Waals surface area (Å²) >= 11 is 0. The molecule has 1 aromatic rings. The normalized spacial score (nSPS) is 10.4. The fourth-order valence-corrected chi connectivity index (χ4v) is 2.61. The second kappa shape index (κ2) is 11.2. The van der Waals surface area contributed by atoms with E-state index < -0.39 is 17.9 Å². The average Bonchev–Trinajstić information content (AvgIpc) is 2.64. The summed E-state index contributed by atoms with van der Waals surface area (Å²) in [7, 11) is 4.65. The van der Waals surface area contributed by atoms with Crippen molar-refractivity contribution in [1.29, 1.82) is 0 Å². The minimum absolute atomic E-state index is 0.224. The summed E-state index contributed by atoms with van der Waals surface area (Å²) in [5.74, 6) is -0.346. The molecule has 0 N–H and O–H groups in total. The number of carbonyl (C=O) groups excluding carboxylic acids is 2. The highest BCUT2D eigenvalue weighted by Crippen LogP contribution is 2.38. The van der Waals surface area contributed by atoms with Crippen LogP contribution in [0.25, 0.3) is 0 Å². The van der Waals surface area contributed by atoms with E-state index in [2.05, 4.69) is 0 Å². The van der Waals surface area contributed by atoms with Crippen LogP contribution < -0.4 is 14.2 Å². The van der Waals surface area contributed by atoms with Crippen LogP contribution in [0, 0.1) is 5.92 Å². The predicted octanol–water partition coefficient (Wildman–Crippen LogP) is 2.78. The third-order valence-corrected chi connectivity index (χ3v) is 3.82. The molecule has 1 rings (SSSR count). The van der Waals surface area contributed by atoms with E-state index in [1.807, 2.05) is 12.1 Å². The number of benzene rings is 1. The maximum Gasteiger partial charge on any atom is 0.320 e. The minimum atomic E-state index is -0.906. The molecule has 0 radical (unpaired) electrons. The van der Waals surface area contributed by atoms with Crippen molar-refractivity contribution >= 4 is 11.9 Å². The molecule has 0 atom stereocenters. The molecule has 0 spiro atoms. The first kappa shape index (κ1) is 21.6. The van der Waals surface area contributed by atoms with Crippen LogP contribution >= 0.6 is 0 Å². The molecule has 0 aromatic heterocycles. The minimum Gasteiger partial charge on any atom is -0.493 e. The smallest absolute Gasteiger partial charge is 0.320 e. The number of methoxy groups -OCH3 is 3. The van der Waals surface area contributed by atoms with Crippen LogP contribution in [0.3, 0.4) is 0 Å². The number of ether oxygens (including phenoxy) is 5. The Labute approximate surface area is 154 Å². The van der Waals surface area contributed by atoms with Crippen LogP contribution in [0.1, 0.15) is 32.3 Å². The van der Waals surface area contributed by atoms with Gasteiger partial charge >= 0.3 is 11.9 Å². The molecule has 0 bridgehead atoms. The number of hydrogen-bond acceptors (Lipinski definition) is 7. The van der Waals surface area contributed by atoms with E-state index in [1.165, 1.54) is 0 Å². The molecule has 0 aliphatic heterocycles. The van der Waals surface area contributed by atoms with Crippen LogP contribution in [0.2, 0.25) is 0 Å². The van der Waals surface area contributed by atoms with Crippen molar-refractivity contribution < 1.29 is 33.3 Å². The Hall–Kier alpha value is -2.44. The molecule has 0 aliphatic carbocycles. The van der Waals surface area contributed by atoms with Gasteiger partial charge in [-0.25, -0.2) is 0 Å². The van der Waals surface area contributed by atoms with Crippen molar-refractivity contribution in [3.8, 4) is 17.2 Å². The summed E-state index contributed by atoms with van der Waals surface area (Å²) in [6, 6.07) is 3.70. The van der Waals surface area contributed by atoms with Crippen LogP contribution in [0.15, 0.2) is 12.1 Å². The van der Waals surface area contributed by atoms with Crippen LogP contribution in [-0.2, 0) is 25.5 Å². The lowest BCUT2D eigenvalue weighted by Gasteiger charge is -2.16. The summed E-state index contributed by atoms with van der Waals surface area (Å²) in [6.45, 7) is 3.86. The van der Waals surface area contributed by atoms with E-state index in [-0.39, 0.29) is 13.2 Å². The van der Waals surface area contributed by atoms with Crippen molar-refractivity contribution in [2.24, 2.45) is 5.92 Å². The maximum absolute atomic E-state index is 12.0. The summed E-state index contributed by atoms with van der Waals surface area (Å²) in [5, 5.41) is 0. The molecule has 0 amide bonds. The van der Waals surface area contributed by atoms with Gasteiger partial charge in [0, 0.05) is 0 Å². The van der Waals surface area contributed by atoms with Gasteiger partial charge in [0.15, 0.2) is 17.4 Å². The fourth-order valence-electron chi connectivity index (χ4n) is 2.61. The van der Waals surface area contributed by atoms with E-state index in [1.54, 1.807) is 35.2 Å². The van der Waals surface area contributed by atoms with Gasteiger partial charge in [-0.05, 0) is 50.8 Å². The zero-order valence-electron chi connectivity index (χ0n) is 16.1. The molecule has 0 aliphatic rings. The summed E-state index contributed by atoms with van der Waals surface area (Å²) in [5.41, 5.74) is 0.950. The number of rotatable bonds is 11. The second-order valence-electron chi connectivity index (χ2n) is 5.48. The van der Waals surface area contributed by atoms with Crippen LogP contribution in [-0.4, -0.2) is 46.5 Å². The van der Waals surface area contributed by atoms with Gasteiger partial charge in [0.1, 0.15) is 0 Å². The molecule has 0 heterocycles. The molecule has 0 unspecified atom stereocenters. The SMILES string of the molecule is CCOC(=O)C(CCCc1cc(OC)c(OC)c(OC)c1)C(=O)OCC. The van der Waals surface area contributed by atoms with E-state index in [0.717, 1.165) is 5.56 Å². The molecular weight excluding hydrogens is 340 g/mol. The topological polar surface area (TPSA) is 80.3 Å². The molecule has 146 valence electrons. The monoisotopic (exact) mass is 368 g/mol. The maximum atomic E-state index is 12.0. The Morgan fingerprint density at radius 3 is 1.77 bits per heavy atom. The first-order valence-corrected chi connectivity index (χ1v) is 8.64. The van der Waals surface area contributed by atoms with E-state index in [0.29, 0.717) is 36.5 Å². The van der Waals surface area contributed by atoms with Gasteiger partial charge in [-0.2, -0.15) is 0 Å². The molecule has 7 heteroatoms. The van der Waals surface area contributed by atoms with Gasteiger partial charge in [0.25, 0.3) is 0 Å². The fraction of sp³-hybridized carbons (Fsp3) is 0.579. The van der Waals surface area contributed by atoms with Crippen molar-refractivity contribution in [2.75, 3.05) is 34.5 Å². The first-order valence-electron chi connectivity index (χ1n) is 8.64. The number of aryl methyl sites for hydroxylation is 1. The van der Waals surface area contributed by atoms with Crippen molar-refractivity contribution in [3.05, 3.63) is 17.7 Å². The predicted molar refractivity (Wildman–Crippen MR) is 95.8 cm³/mol. The van der Waals surface area contributed by atoms with Gasteiger partial charge in [-0.1, -0.05) is 0 Å². The lowest BCUT2D eigenvalue weighted by atomic mass is 9.99. The van der Waals surface area contributed by atoms with Crippen LogP contribution in [0.5, 0.6) is 17.2 Å². The lowest BCUT2D eigenvalue weighted by molar-refractivity contribution is -0.161. The summed E-state index contributed by atoms with van der Waals surface area (Å²) in [4.78, 5) is 24.0. The third kappa shape index (κ3) is 5.82. The van der Waals surface area contributed by atoms with E-state index in [9.17, 15) is 9.59 Å². The molecular formula is C19H28O7. The largest absolute Gasteiger partial charge is 0.493 e. The van der Waals surface area contributed by atoms with Gasteiger partial charge < -0.3 is 23.7 Å². The Morgan fingerprint density at radius 2 is 1.38 bits per heavy atom. The van der Waals surface area contributed by atoms with Gasteiger partial charge in [0.2, 0.25) is 5.75 Å². The number of esters is 2. The highest BCUT2D eigenvalue weighted by Gasteiger charge is 2.29. The average molecular weight is 368 g/mol. The third-order valence-electron chi connectivity index (χ3n) is 3.82. The van der Waals surface area contributed by atoms with Gasteiger partial charge in [0.05, 0.1) is 34.5 Å². The van der Waals surface area contributed by atoms with E-state index >= 15 is 0 Å². The Balaban J connectivity index is 2.82. The highest BCUT2D eigenvalue weighted by atomic mass is 16.6. The highest BCUT2D eigenvalue weighted by molar-refractivity contribution is 5.94. The van der Waals surface area contributed by atoms with Crippen molar-refractivity contribution in [2.45, 2.75) is 33.1 Å². The molecule has 0 saturated heterocycles. The Bertz CT molecular complexity index is 555. The number of carbonyl (C=O) groups is 2. The molecule has 7 nitrogen and oxygen atoms in total. The Kier molecular flexibility index (Phi) is 9.33. The zero-order chi connectivity index (χ0) is 19.5. The molecule has 0 saturated carbocycles. The van der Waals surface area contributed by atoms with E-state index in [4.69, 9.17) is 23.7 Å². The standard InChI is InChI=1S/C19H28O7/c1-6-25-18(20)14(19(21)26-7-2)10-8-9-13-11-15(22-3)17(24-5)16(12-13)23-4/h11-12,14H,6-10H2,1-5H3. The second-order valence-corrected chi connectivity index (χ2v) is 5.48. The summed E-state index contributed by atoms with van der Waals surface area (Å²) < 4.78 is 25.9. The van der Waals surface area contributed by atoms with Gasteiger partial charge in [-0.15, -0.1) is 0 Å². The van der Waals surface area contributed by atoms with Crippen molar-refractivity contribution in [1.82, 2.24) is 0 Å². The molecule has 0 fully saturated rings. The zero-order valence-corrected chi connectivity index (χ0v) is 16.1. The molecule has 1 aromatic carbocycles. The quantitative estimate of drug-likeness (QED) is 0.439. The van der Waals surface area contributed by atoms with Crippen molar-refractivity contribution in [3.63, 3.8) is 0 Å². The lowest BCUT2D eigenvalue weighted by Crippen LogP contribution is -2.28. The molecule has 26 heavy (non-hydrogen) atoms.